The molecular formula is C13H15BrClN3OS. The number of thioether (sulfide) groups is 1. The third kappa shape index (κ3) is 2.43. The van der Waals surface area contributed by atoms with Crippen molar-refractivity contribution >= 4 is 56.4 Å². The third-order valence-electron chi connectivity index (χ3n) is 3.47. The van der Waals surface area contributed by atoms with Crippen LogP contribution < -0.4 is 10.2 Å². The number of nitrogens with one attached hydrogen (secondary N) is 1. The second kappa shape index (κ2) is 5.75. The van der Waals surface area contributed by atoms with Gasteiger partial charge in [-0.3, -0.25) is 0 Å². The average molecular weight is 377 g/mol. The van der Waals surface area contributed by atoms with Crippen molar-refractivity contribution in [2.75, 3.05) is 30.8 Å². The molecule has 20 heavy (non-hydrogen) atoms. The van der Waals surface area contributed by atoms with Crippen LogP contribution >= 0.6 is 39.3 Å². The van der Waals surface area contributed by atoms with Gasteiger partial charge in [0.25, 0.3) is 6.01 Å². The monoisotopic (exact) mass is 375 g/mol. The first-order chi connectivity index (χ1) is 9.61. The molecule has 0 aliphatic carbocycles. The van der Waals surface area contributed by atoms with Crippen molar-refractivity contribution in [3.05, 3.63) is 15.6 Å². The summed E-state index contributed by atoms with van der Waals surface area (Å²) in [6.07, 6.45) is 2.00. The predicted molar refractivity (Wildman–Crippen MR) is 88.2 cm³/mol. The summed E-state index contributed by atoms with van der Waals surface area (Å²) in [7, 11) is 0. The minimum absolute atomic E-state index is 0.365. The molecule has 1 aromatic carbocycles. The van der Waals surface area contributed by atoms with Crippen LogP contribution in [0.3, 0.4) is 0 Å². The molecule has 108 valence electrons. The highest BCUT2D eigenvalue weighted by molar-refractivity contribution is 9.10. The molecule has 4 nitrogen and oxygen atoms in total. The number of hydrogen-bond acceptors (Lipinski definition) is 5. The highest BCUT2D eigenvalue weighted by Crippen LogP contribution is 2.39. The Kier molecular flexibility index (Phi) is 4.17. The smallest absolute Gasteiger partial charge is 0.298 e. The van der Waals surface area contributed by atoms with E-state index in [0.29, 0.717) is 17.1 Å². The summed E-state index contributed by atoms with van der Waals surface area (Å²) in [6.45, 7) is 4.95. The Bertz CT molecular complexity index is 648. The quantitative estimate of drug-likeness (QED) is 0.808. The van der Waals surface area contributed by atoms with Gasteiger partial charge in [-0.25, -0.2) is 0 Å². The molecule has 1 aliphatic heterocycles. The first kappa shape index (κ1) is 14.5. The highest BCUT2D eigenvalue weighted by Gasteiger charge is 2.24. The van der Waals surface area contributed by atoms with Crippen molar-refractivity contribution in [1.82, 2.24) is 10.3 Å². The van der Waals surface area contributed by atoms with Crippen LogP contribution in [0, 0.1) is 0 Å². The summed E-state index contributed by atoms with van der Waals surface area (Å²) in [5, 5.41) is 4.06. The molecule has 1 atom stereocenters. The van der Waals surface area contributed by atoms with Gasteiger partial charge in [-0.15, -0.1) is 11.8 Å². The van der Waals surface area contributed by atoms with Crippen molar-refractivity contribution in [1.29, 1.82) is 0 Å². The molecule has 1 N–H and O–H groups in total. The fourth-order valence-corrected chi connectivity index (χ4v) is 4.07. The topological polar surface area (TPSA) is 41.3 Å². The van der Waals surface area contributed by atoms with Crippen molar-refractivity contribution in [2.24, 2.45) is 0 Å². The summed E-state index contributed by atoms with van der Waals surface area (Å²) < 4.78 is 6.82. The van der Waals surface area contributed by atoms with Crippen LogP contribution in [-0.4, -0.2) is 36.9 Å². The zero-order valence-electron chi connectivity index (χ0n) is 11.2. The molecule has 3 rings (SSSR count). The van der Waals surface area contributed by atoms with E-state index in [-0.39, 0.29) is 0 Å². The van der Waals surface area contributed by atoms with E-state index in [9.17, 15) is 0 Å². The van der Waals surface area contributed by atoms with Gasteiger partial charge in [0.1, 0.15) is 5.52 Å². The highest BCUT2D eigenvalue weighted by atomic mass is 79.9. The van der Waals surface area contributed by atoms with Gasteiger partial charge < -0.3 is 14.6 Å². The van der Waals surface area contributed by atoms with E-state index in [1.165, 1.54) is 0 Å². The van der Waals surface area contributed by atoms with E-state index in [1.807, 2.05) is 12.3 Å². The minimum atomic E-state index is 0.365. The molecule has 1 unspecified atom stereocenters. The predicted octanol–water partition coefficient (Wildman–Crippen LogP) is 3.76. The summed E-state index contributed by atoms with van der Waals surface area (Å²) >= 11 is 11.4. The number of piperazine rings is 1. The Morgan fingerprint density at radius 1 is 1.60 bits per heavy atom. The molecule has 0 radical (unpaired) electrons. The molecule has 1 saturated heterocycles. The molecule has 0 saturated carbocycles. The van der Waals surface area contributed by atoms with Gasteiger partial charge in [0.2, 0.25) is 0 Å². The Morgan fingerprint density at radius 2 is 2.40 bits per heavy atom. The fourth-order valence-electron chi connectivity index (χ4n) is 2.42. The molecule has 1 aliphatic rings. The van der Waals surface area contributed by atoms with Crippen molar-refractivity contribution < 1.29 is 4.42 Å². The summed E-state index contributed by atoms with van der Waals surface area (Å²) in [5.74, 6) is 0. The van der Waals surface area contributed by atoms with Gasteiger partial charge >= 0.3 is 0 Å². The number of nitrogens with zero attached hydrogens (tertiary/aromatic N) is 2. The molecule has 7 heteroatoms. The number of hydrogen-bond donors (Lipinski definition) is 1. The van der Waals surface area contributed by atoms with Crippen molar-refractivity contribution in [3.63, 3.8) is 0 Å². The standard InChI is InChI=1S/C13H15BrClN3OS/c1-7-6-16-3-4-18(7)13-17-10-11(19-13)8(14)5-9(15)12(10)20-2/h5,7,16H,3-4,6H2,1-2H3. The summed E-state index contributed by atoms with van der Waals surface area (Å²) in [4.78, 5) is 7.83. The Labute approximate surface area is 135 Å². The van der Waals surface area contributed by atoms with Crippen molar-refractivity contribution in [2.45, 2.75) is 17.9 Å². The van der Waals surface area contributed by atoms with Gasteiger partial charge in [0.05, 0.1) is 14.4 Å². The van der Waals surface area contributed by atoms with Gasteiger partial charge in [-0.05, 0) is 35.2 Å². The zero-order valence-corrected chi connectivity index (χ0v) is 14.4. The molecule has 0 bridgehead atoms. The van der Waals surface area contributed by atoms with Crippen LogP contribution in [0.4, 0.5) is 6.01 Å². The van der Waals surface area contributed by atoms with Crippen molar-refractivity contribution in [3.8, 4) is 0 Å². The number of oxazole rings is 1. The van der Waals surface area contributed by atoms with Gasteiger partial charge in [-0.2, -0.15) is 4.98 Å². The lowest BCUT2D eigenvalue weighted by molar-refractivity contribution is 0.456. The Balaban J connectivity index is 2.12. The summed E-state index contributed by atoms with van der Waals surface area (Å²) in [6, 6.07) is 2.90. The maximum Gasteiger partial charge on any atom is 0.298 e. The molecule has 1 aromatic heterocycles. The minimum Gasteiger partial charge on any atom is -0.422 e. The lowest BCUT2D eigenvalue weighted by atomic mass is 10.2. The number of benzene rings is 1. The lowest BCUT2D eigenvalue weighted by Crippen LogP contribution is -2.50. The van der Waals surface area contributed by atoms with Crippen LogP contribution in [0.25, 0.3) is 11.1 Å². The van der Waals surface area contributed by atoms with E-state index in [1.54, 1.807) is 11.8 Å². The van der Waals surface area contributed by atoms with Crippen LogP contribution in [0.2, 0.25) is 5.02 Å². The maximum atomic E-state index is 6.28. The van der Waals surface area contributed by atoms with E-state index in [4.69, 9.17) is 16.0 Å². The largest absolute Gasteiger partial charge is 0.422 e. The van der Waals surface area contributed by atoms with E-state index < -0.39 is 0 Å². The second-order valence-electron chi connectivity index (χ2n) is 4.79. The number of halogens is 2. The second-order valence-corrected chi connectivity index (χ2v) is 6.87. The molecular weight excluding hydrogens is 362 g/mol. The van der Waals surface area contributed by atoms with Crippen LogP contribution in [0.1, 0.15) is 6.92 Å². The first-order valence-electron chi connectivity index (χ1n) is 6.41. The third-order valence-corrected chi connectivity index (χ3v) is 5.29. The average Bonchev–Trinajstić information content (AvgIpc) is 2.85. The maximum absolute atomic E-state index is 6.28. The Morgan fingerprint density at radius 3 is 3.10 bits per heavy atom. The molecule has 2 aromatic rings. The van der Waals surface area contributed by atoms with Crippen LogP contribution in [0.5, 0.6) is 0 Å². The first-order valence-corrected chi connectivity index (χ1v) is 8.81. The SMILES string of the molecule is CSc1c(Cl)cc(Br)c2oc(N3CCNCC3C)nc12. The van der Waals surface area contributed by atoms with E-state index in [2.05, 4.69) is 38.1 Å². The zero-order chi connectivity index (χ0) is 14.3. The lowest BCUT2D eigenvalue weighted by Gasteiger charge is -2.32. The van der Waals surface area contributed by atoms with Crippen LogP contribution in [0.15, 0.2) is 19.9 Å². The molecule has 0 spiro atoms. The number of fused-ring (bicyclic) bond motifs is 1. The normalized spacial score (nSPS) is 19.8. The number of aromatic nitrogens is 1. The van der Waals surface area contributed by atoms with E-state index in [0.717, 1.165) is 40.1 Å². The molecule has 1 fully saturated rings. The number of anilines is 1. The molecule has 2 heterocycles. The van der Waals surface area contributed by atoms with Crippen LogP contribution in [-0.2, 0) is 0 Å². The fraction of sp³-hybridized carbons (Fsp3) is 0.462. The van der Waals surface area contributed by atoms with Gasteiger partial charge in [0, 0.05) is 25.7 Å². The Hall–Kier alpha value is -0.430. The van der Waals surface area contributed by atoms with E-state index >= 15 is 0 Å². The van der Waals surface area contributed by atoms with Gasteiger partial charge in [0.15, 0.2) is 5.58 Å². The summed E-state index contributed by atoms with van der Waals surface area (Å²) in [5.41, 5.74) is 1.59. The van der Waals surface area contributed by atoms with Gasteiger partial charge in [-0.1, -0.05) is 11.6 Å². The molecule has 0 amide bonds. The number of rotatable bonds is 2.